The van der Waals surface area contributed by atoms with Crippen LogP contribution in [0.25, 0.3) is 10.9 Å². The van der Waals surface area contributed by atoms with Crippen molar-refractivity contribution in [1.82, 2.24) is 4.98 Å². The predicted octanol–water partition coefficient (Wildman–Crippen LogP) is 5.32. The largest absolute Gasteiger partial charge is 0.370 e. The highest BCUT2D eigenvalue weighted by Crippen LogP contribution is 2.33. The molecule has 0 aliphatic carbocycles. The Bertz CT molecular complexity index is 627. The van der Waals surface area contributed by atoms with Gasteiger partial charge < -0.3 is 5.32 Å². The zero-order valence-electron chi connectivity index (χ0n) is 13.0. The highest BCUT2D eigenvalue weighted by Gasteiger charge is 2.20. The van der Waals surface area contributed by atoms with Crippen molar-refractivity contribution in [2.75, 3.05) is 11.9 Å². The van der Waals surface area contributed by atoms with Gasteiger partial charge in [-0.2, -0.15) is 0 Å². The molecule has 0 unspecified atom stereocenters. The lowest BCUT2D eigenvalue weighted by atomic mass is 9.86. The topological polar surface area (TPSA) is 24.9 Å². The molecule has 0 radical (unpaired) electrons. The minimum absolute atomic E-state index is 0.0491. The average Bonchev–Trinajstić information content (AvgIpc) is 2.34. The van der Waals surface area contributed by atoms with Gasteiger partial charge in [-0.3, -0.25) is 0 Å². The molecule has 2 rings (SSSR count). The molecule has 2 nitrogen and oxygen atoms in total. The quantitative estimate of drug-likeness (QED) is 0.828. The van der Waals surface area contributed by atoms with Crippen LogP contribution in [0, 0.1) is 6.92 Å². The van der Waals surface area contributed by atoms with Crippen molar-refractivity contribution < 1.29 is 0 Å². The Labute approximate surface area is 126 Å². The summed E-state index contributed by atoms with van der Waals surface area (Å²) in [6, 6.07) is 6.34. The predicted molar refractivity (Wildman–Crippen MR) is 89.0 cm³/mol. The maximum atomic E-state index is 6.34. The fourth-order valence-corrected chi connectivity index (χ4v) is 2.66. The fraction of sp³-hybridized carbons (Fsp3) is 0.471. The number of rotatable bonds is 3. The third kappa shape index (κ3) is 3.06. The Morgan fingerprint density at radius 2 is 1.90 bits per heavy atom. The van der Waals surface area contributed by atoms with Crippen LogP contribution in [0.1, 0.15) is 45.2 Å². The van der Waals surface area contributed by atoms with Crippen LogP contribution in [0.5, 0.6) is 0 Å². The molecule has 1 aromatic heterocycles. The Balaban J connectivity index is 2.68. The molecular formula is C17H23ClN2. The number of nitrogens with one attached hydrogen (secondary N) is 1. The molecule has 0 spiro atoms. The van der Waals surface area contributed by atoms with Crippen molar-refractivity contribution in [3.63, 3.8) is 0 Å². The first kappa shape index (κ1) is 15.1. The number of aromatic nitrogens is 1. The van der Waals surface area contributed by atoms with Gasteiger partial charge in [-0.15, -0.1) is 0 Å². The number of fused-ring (bicyclic) bond motifs is 1. The van der Waals surface area contributed by atoms with Crippen LogP contribution in [0.3, 0.4) is 0 Å². The third-order valence-corrected chi connectivity index (χ3v) is 3.65. The van der Waals surface area contributed by atoms with Crippen molar-refractivity contribution in [2.24, 2.45) is 0 Å². The summed E-state index contributed by atoms with van der Waals surface area (Å²) in [5.41, 5.74) is 3.33. The van der Waals surface area contributed by atoms with E-state index < -0.39 is 0 Å². The van der Waals surface area contributed by atoms with E-state index >= 15 is 0 Å². The first-order valence-corrected chi connectivity index (χ1v) is 7.56. The summed E-state index contributed by atoms with van der Waals surface area (Å²) in [6.07, 6.45) is 1.07. The van der Waals surface area contributed by atoms with Gasteiger partial charge in [0, 0.05) is 17.5 Å². The van der Waals surface area contributed by atoms with E-state index in [1.165, 1.54) is 11.1 Å². The van der Waals surface area contributed by atoms with Crippen LogP contribution < -0.4 is 5.32 Å². The van der Waals surface area contributed by atoms with E-state index in [-0.39, 0.29) is 5.41 Å². The Kier molecular flexibility index (Phi) is 4.24. The molecule has 0 saturated heterocycles. The van der Waals surface area contributed by atoms with E-state index in [1.54, 1.807) is 0 Å². The highest BCUT2D eigenvalue weighted by molar-refractivity contribution is 6.35. The van der Waals surface area contributed by atoms with Crippen LogP contribution in [-0.2, 0) is 5.41 Å². The molecule has 2 aromatic rings. The zero-order valence-corrected chi connectivity index (χ0v) is 13.7. The van der Waals surface area contributed by atoms with Gasteiger partial charge in [0.15, 0.2) is 0 Å². The monoisotopic (exact) mass is 290 g/mol. The van der Waals surface area contributed by atoms with Crippen LogP contribution in [0.15, 0.2) is 18.2 Å². The van der Waals surface area contributed by atoms with Crippen LogP contribution in [-0.4, -0.2) is 11.5 Å². The van der Waals surface area contributed by atoms with Crippen molar-refractivity contribution >= 4 is 28.3 Å². The van der Waals surface area contributed by atoms with E-state index in [2.05, 4.69) is 52.1 Å². The maximum absolute atomic E-state index is 6.34. The second kappa shape index (κ2) is 5.61. The molecule has 1 N–H and O–H groups in total. The van der Waals surface area contributed by atoms with Gasteiger partial charge in [0.25, 0.3) is 0 Å². The molecule has 0 saturated carbocycles. The summed E-state index contributed by atoms with van der Waals surface area (Å²) in [6.45, 7) is 11.8. The lowest BCUT2D eigenvalue weighted by Crippen LogP contribution is -2.16. The number of aryl methyl sites for hydroxylation is 1. The summed E-state index contributed by atoms with van der Waals surface area (Å²) in [5.74, 6) is 0.956. The molecule has 20 heavy (non-hydrogen) atoms. The molecular weight excluding hydrogens is 268 g/mol. The number of nitrogens with zero attached hydrogens (tertiary/aromatic N) is 1. The number of hydrogen-bond donors (Lipinski definition) is 1. The molecule has 0 aliphatic rings. The van der Waals surface area contributed by atoms with Crippen molar-refractivity contribution in [3.05, 3.63) is 34.3 Å². The highest BCUT2D eigenvalue weighted by atomic mass is 35.5. The van der Waals surface area contributed by atoms with Crippen LogP contribution in [0.4, 0.5) is 5.82 Å². The van der Waals surface area contributed by atoms with E-state index in [1.807, 2.05) is 6.07 Å². The SMILES string of the molecule is CCCNc1nc2c(Cl)cc(C)cc2cc1C(C)(C)C. The Morgan fingerprint density at radius 1 is 1.20 bits per heavy atom. The van der Waals surface area contributed by atoms with Gasteiger partial charge in [0.05, 0.1) is 10.5 Å². The summed E-state index contributed by atoms with van der Waals surface area (Å²) < 4.78 is 0. The Morgan fingerprint density at radius 3 is 2.50 bits per heavy atom. The lowest BCUT2D eigenvalue weighted by molar-refractivity contribution is 0.590. The first-order valence-electron chi connectivity index (χ1n) is 7.18. The number of hydrogen-bond acceptors (Lipinski definition) is 2. The fourth-order valence-electron chi connectivity index (χ4n) is 2.34. The molecule has 3 heteroatoms. The molecule has 0 aliphatic heterocycles. The normalized spacial score (nSPS) is 11.9. The molecule has 1 aromatic carbocycles. The van der Waals surface area contributed by atoms with Gasteiger partial charge in [-0.05, 0) is 42.5 Å². The van der Waals surface area contributed by atoms with Gasteiger partial charge in [-0.25, -0.2) is 4.98 Å². The molecule has 1 heterocycles. The number of anilines is 1. The van der Waals surface area contributed by atoms with E-state index in [9.17, 15) is 0 Å². The van der Waals surface area contributed by atoms with Crippen molar-refractivity contribution in [1.29, 1.82) is 0 Å². The summed E-state index contributed by atoms with van der Waals surface area (Å²) in [5, 5.41) is 5.27. The van der Waals surface area contributed by atoms with Crippen LogP contribution >= 0.6 is 11.6 Å². The average molecular weight is 291 g/mol. The summed E-state index contributed by atoms with van der Waals surface area (Å²) in [4.78, 5) is 4.78. The van der Waals surface area contributed by atoms with E-state index in [0.717, 1.165) is 34.7 Å². The molecule has 108 valence electrons. The second-order valence-corrected chi connectivity index (χ2v) is 6.79. The summed E-state index contributed by atoms with van der Waals surface area (Å²) >= 11 is 6.34. The first-order chi connectivity index (χ1) is 9.32. The summed E-state index contributed by atoms with van der Waals surface area (Å²) in [7, 11) is 0. The number of pyridine rings is 1. The standard InChI is InChI=1S/C17H23ClN2/c1-6-7-19-16-13(17(3,4)5)10-12-8-11(2)9-14(18)15(12)20-16/h8-10H,6-7H2,1-5H3,(H,19,20). The third-order valence-electron chi connectivity index (χ3n) is 3.37. The molecule has 0 bridgehead atoms. The van der Waals surface area contributed by atoms with Gasteiger partial charge in [-0.1, -0.05) is 39.3 Å². The van der Waals surface area contributed by atoms with E-state index in [4.69, 9.17) is 16.6 Å². The minimum Gasteiger partial charge on any atom is -0.370 e. The van der Waals surface area contributed by atoms with Gasteiger partial charge >= 0.3 is 0 Å². The molecule has 0 fully saturated rings. The van der Waals surface area contributed by atoms with Crippen molar-refractivity contribution in [3.8, 4) is 0 Å². The van der Waals surface area contributed by atoms with Gasteiger partial charge in [0.1, 0.15) is 5.82 Å². The molecule has 0 amide bonds. The maximum Gasteiger partial charge on any atom is 0.130 e. The number of halogens is 1. The smallest absolute Gasteiger partial charge is 0.130 e. The zero-order chi connectivity index (χ0) is 14.9. The lowest BCUT2D eigenvalue weighted by Gasteiger charge is -2.23. The molecule has 0 atom stereocenters. The van der Waals surface area contributed by atoms with E-state index in [0.29, 0.717) is 0 Å². The minimum atomic E-state index is 0.0491. The second-order valence-electron chi connectivity index (χ2n) is 6.38. The van der Waals surface area contributed by atoms with Crippen molar-refractivity contribution in [2.45, 2.75) is 46.5 Å². The number of benzene rings is 1. The van der Waals surface area contributed by atoms with Crippen LogP contribution in [0.2, 0.25) is 5.02 Å². The van der Waals surface area contributed by atoms with Gasteiger partial charge in [0.2, 0.25) is 0 Å². The Hall–Kier alpha value is -1.28.